The van der Waals surface area contributed by atoms with Gasteiger partial charge in [0.25, 0.3) is 0 Å². The molecule has 1 unspecified atom stereocenters. The van der Waals surface area contributed by atoms with Gasteiger partial charge in [-0.1, -0.05) is 13.8 Å². The van der Waals surface area contributed by atoms with E-state index in [-0.39, 0.29) is 11.9 Å². The van der Waals surface area contributed by atoms with Gasteiger partial charge in [0, 0.05) is 5.54 Å². The Kier molecular flexibility index (Phi) is 4.24. The van der Waals surface area contributed by atoms with Gasteiger partial charge in [-0.25, -0.2) is 0 Å². The van der Waals surface area contributed by atoms with Crippen molar-refractivity contribution in [3.05, 3.63) is 0 Å². The quantitative estimate of drug-likeness (QED) is 0.652. The van der Waals surface area contributed by atoms with Crippen LogP contribution in [-0.2, 0) is 9.53 Å². The maximum atomic E-state index is 11.1. The first kappa shape index (κ1) is 11.4. The average Bonchev–Trinajstić information content (AvgIpc) is 1.85. The summed E-state index contributed by atoms with van der Waals surface area (Å²) in [6.45, 7) is 8.08. The molecule has 0 rings (SSSR count). The fraction of sp³-hybridized carbons (Fsp3) is 0.889. The number of carbonyl (C=O) groups is 1. The molecular formula is C9H19NO2. The maximum absolute atomic E-state index is 11.1. The van der Waals surface area contributed by atoms with Crippen LogP contribution in [0.1, 0.15) is 34.1 Å². The third-order valence-corrected chi connectivity index (χ3v) is 2.15. The first-order valence-electron chi connectivity index (χ1n) is 4.34. The summed E-state index contributed by atoms with van der Waals surface area (Å²) < 4.78 is 4.81. The van der Waals surface area contributed by atoms with Crippen LogP contribution in [0, 0.1) is 5.92 Å². The van der Waals surface area contributed by atoms with E-state index in [1.54, 1.807) is 6.92 Å². The van der Waals surface area contributed by atoms with E-state index in [1.165, 1.54) is 0 Å². The molecule has 0 aromatic heterocycles. The maximum Gasteiger partial charge on any atom is 0.307 e. The second kappa shape index (κ2) is 4.45. The van der Waals surface area contributed by atoms with Crippen LogP contribution >= 0.6 is 0 Å². The standard InChI is InChI=1S/C9H19NO2/c1-5-12-8(11)6-9(4,10)7(2)3/h7H,5-6,10H2,1-4H3. The lowest BCUT2D eigenvalue weighted by Crippen LogP contribution is -2.44. The molecule has 0 amide bonds. The van der Waals surface area contributed by atoms with Crippen molar-refractivity contribution in [2.24, 2.45) is 11.7 Å². The smallest absolute Gasteiger partial charge is 0.307 e. The molecule has 1 atom stereocenters. The SMILES string of the molecule is CCOC(=O)CC(C)(N)C(C)C. The molecule has 0 spiro atoms. The molecule has 0 saturated heterocycles. The molecule has 0 aromatic carbocycles. The molecule has 0 aliphatic heterocycles. The van der Waals surface area contributed by atoms with Gasteiger partial charge in [0.05, 0.1) is 13.0 Å². The van der Waals surface area contributed by atoms with Gasteiger partial charge >= 0.3 is 5.97 Å². The van der Waals surface area contributed by atoms with Crippen molar-refractivity contribution in [2.75, 3.05) is 6.61 Å². The molecule has 0 saturated carbocycles. The molecule has 0 heterocycles. The van der Waals surface area contributed by atoms with Crippen molar-refractivity contribution in [3.8, 4) is 0 Å². The molecule has 3 nitrogen and oxygen atoms in total. The minimum atomic E-state index is -0.452. The fourth-order valence-corrected chi connectivity index (χ4v) is 0.727. The summed E-state index contributed by atoms with van der Waals surface area (Å²) in [5.74, 6) is 0.0677. The zero-order valence-corrected chi connectivity index (χ0v) is 8.39. The summed E-state index contributed by atoms with van der Waals surface area (Å²) >= 11 is 0. The zero-order valence-electron chi connectivity index (χ0n) is 8.39. The van der Waals surface area contributed by atoms with E-state index in [0.29, 0.717) is 13.0 Å². The summed E-state index contributed by atoms with van der Waals surface area (Å²) in [5, 5.41) is 0. The lowest BCUT2D eigenvalue weighted by molar-refractivity contribution is -0.144. The molecule has 0 fully saturated rings. The second-order valence-electron chi connectivity index (χ2n) is 3.64. The molecular weight excluding hydrogens is 154 g/mol. The van der Waals surface area contributed by atoms with Gasteiger partial charge in [-0.15, -0.1) is 0 Å². The Morgan fingerprint density at radius 3 is 2.42 bits per heavy atom. The number of ether oxygens (including phenoxy) is 1. The average molecular weight is 173 g/mol. The highest BCUT2D eigenvalue weighted by Crippen LogP contribution is 2.17. The Hall–Kier alpha value is -0.570. The van der Waals surface area contributed by atoms with Crippen LogP contribution in [0.4, 0.5) is 0 Å². The van der Waals surface area contributed by atoms with Crippen LogP contribution in [0.2, 0.25) is 0 Å². The van der Waals surface area contributed by atoms with E-state index in [4.69, 9.17) is 10.5 Å². The van der Waals surface area contributed by atoms with Gasteiger partial charge < -0.3 is 10.5 Å². The first-order chi connectivity index (χ1) is 5.40. The van der Waals surface area contributed by atoms with E-state index in [9.17, 15) is 4.79 Å². The van der Waals surface area contributed by atoms with E-state index in [0.717, 1.165) is 0 Å². The second-order valence-corrected chi connectivity index (χ2v) is 3.64. The number of rotatable bonds is 4. The lowest BCUT2D eigenvalue weighted by atomic mass is 9.86. The number of hydrogen-bond acceptors (Lipinski definition) is 3. The fourth-order valence-electron chi connectivity index (χ4n) is 0.727. The Balaban J connectivity index is 3.97. The summed E-state index contributed by atoms with van der Waals surface area (Å²) in [5.41, 5.74) is 5.44. The van der Waals surface area contributed by atoms with Crippen molar-refractivity contribution in [2.45, 2.75) is 39.7 Å². The van der Waals surface area contributed by atoms with Crippen LogP contribution in [0.5, 0.6) is 0 Å². The van der Waals surface area contributed by atoms with E-state index < -0.39 is 5.54 Å². The van der Waals surface area contributed by atoms with Gasteiger partial charge in [-0.3, -0.25) is 4.79 Å². The summed E-state index contributed by atoms with van der Waals surface area (Å²) in [4.78, 5) is 11.1. The topological polar surface area (TPSA) is 52.3 Å². The molecule has 2 N–H and O–H groups in total. The highest BCUT2D eigenvalue weighted by atomic mass is 16.5. The van der Waals surface area contributed by atoms with Gasteiger partial charge in [0.1, 0.15) is 0 Å². The highest BCUT2D eigenvalue weighted by Gasteiger charge is 2.26. The molecule has 0 bridgehead atoms. The zero-order chi connectivity index (χ0) is 9.78. The van der Waals surface area contributed by atoms with E-state index >= 15 is 0 Å². The van der Waals surface area contributed by atoms with Gasteiger partial charge in [0.15, 0.2) is 0 Å². The van der Waals surface area contributed by atoms with Crippen LogP contribution in [0.25, 0.3) is 0 Å². The van der Waals surface area contributed by atoms with Gasteiger partial charge in [-0.2, -0.15) is 0 Å². The molecule has 3 heteroatoms. The van der Waals surface area contributed by atoms with Crippen LogP contribution in [-0.4, -0.2) is 18.1 Å². The molecule has 72 valence electrons. The summed E-state index contributed by atoms with van der Waals surface area (Å²) in [6, 6.07) is 0. The summed E-state index contributed by atoms with van der Waals surface area (Å²) in [7, 11) is 0. The van der Waals surface area contributed by atoms with Gasteiger partial charge in [0.2, 0.25) is 0 Å². The highest BCUT2D eigenvalue weighted by molar-refractivity contribution is 5.70. The molecule has 0 radical (unpaired) electrons. The third kappa shape index (κ3) is 3.72. The number of carbonyl (C=O) groups excluding carboxylic acids is 1. The molecule has 12 heavy (non-hydrogen) atoms. The number of hydrogen-bond donors (Lipinski definition) is 1. The Morgan fingerprint density at radius 1 is 1.58 bits per heavy atom. The van der Waals surface area contributed by atoms with E-state index in [1.807, 2.05) is 20.8 Å². The number of esters is 1. The third-order valence-electron chi connectivity index (χ3n) is 2.15. The van der Waals surface area contributed by atoms with E-state index in [2.05, 4.69) is 0 Å². The number of nitrogens with two attached hydrogens (primary N) is 1. The molecule has 0 aliphatic rings. The van der Waals surface area contributed by atoms with Crippen molar-refractivity contribution < 1.29 is 9.53 Å². The van der Waals surface area contributed by atoms with Crippen molar-refractivity contribution >= 4 is 5.97 Å². The van der Waals surface area contributed by atoms with Crippen molar-refractivity contribution in [1.82, 2.24) is 0 Å². The first-order valence-corrected chi connectivity index (χ1v) is 4.34. The predicted molar refractivity (Wildman–Crippen MR) is 48.7 cm³/mol. The predicted octanol–water partition coefficient (Wildman–Crippen LogP) is 1.31. The van der Waals surface area contributed by atoms with Crippen LogP contribution in [0.3, 0.4) is 0 Å². The summed E-state index contributed by atoms with van der Waals surface area (Å²) in [6.07, 6.45) is 0.290. The Morgan fingerprint density at radius 2 is 2.08 bits per heavy atom. The van der Waals surface area contributed by atoms with Crippen LogP contribution < -0.4 is 5.73 Å². The Bertz CT molecular complexity index is 153. The van der Waals surface area contributed by atoms with Gasteiger partial charge in [-0.05, 0) is 19.8 Å². The largest absolute Gasteiger partial charge is 0.466 e. The van der Waals surface area contributed by atoms with Crippen molar-refractivity contribution in [3.63, 3.8) is 0 Å². The molecule has 0 aliphatic carbocycles. The monoisotopic (exact) mass is 173 g/mol. The minimum absolute atomic E-state index is 0.212. The Labute approximate surface area is 74.3 Å². The lowest BCUT2D eigenvalue weighted by Gasteiger charge is -2.27. The van der Waals surface area contributed by atoms with Crippen molar-refractivity contribution in [1.29, 1.82) is 0 Å². The minimum Gasteiger partial charge on any atom is -0.466 e. The van der Waals surface area contributed by atoms with Crippen LogP contribution in [0.15, 0.2) is 0 Å². The normalized spacial score (nSPS) is 15.8. The molecule has 0 aromatic rings.